The molecule has 8 nitrogen and oxygen atoms in total. The van der Waals surface area contributed by atoms with Gasteiger partial charge in [-0.25, -0.2) is 4.79 Å². The first-order chi connectivity index (χ1) is 12.6. The van der Waals surface area contributed by atoms with Crippen molar-refractivity contribution in [3.05, 3.63) is 16.7 Å². The summed E-state index contributed by atoms with van der Waals surface area (Å²) in [6.07, 6.45) is 1.28. The van der Waals surface area contributed by atoms with Crippen molar-refractivity contribution < 1.29 is 19.1 Å². The molecule has 150 valence electrons. The highest BCUT2D eigenvalue weighted by atomic mass is 35.5. The summed E-state index contributed by atoms with van der Waals surface area (Å²) in [6.45, 7) is 7.24. The van der Waals surface area contributed by atoms with Crippen molar-refractivity contribution in [2.75, 3.05) is 32.5 Å². The molecule has 0 radical (unpaired) electrons. The minimum atomic E-state index is -0.505. The highest BCUT2D eigenvalue weighted by Crippen LogP contribution is 2.25. The summed E-state index contributed by atoms with van der Waals surface area (Å²) in [6, 6.07) is 1.45. The number of hydrogen-bond acceptors (Lipinski definition) is 6. The van der Waals surface area contributed by atoms with Gasteiger partial charge in [0.1, 0.15) is 17.0 Å². The standard InChI is InChI=1S/C18H27ClN4O4/c1-18(2,3)27-17(25)23-7-5-11(6-8-23)10-21-15(24)12-9-13(19)14(20)22-16(12)26-4/h9,11H,5-8,10H2,1-4H3,(H2,20,22)(H,21,24). The molecular weight excluding hydrogens is 372 g/mol. The topological polar surface area (TPSA) is 107 Å². The number of halogens is 1. The van der Waals surface area contributed by atoms with E-state index >= 15 is 0 Å². The number of nitrogens with zero attached hydrogens (tertiary/aromatic N) is 2. The maximum absolute atomic E-state index is 12.4. The Morgan fingerprint density at radius 2 is 2.00 bits per heavy atom. The summed E-state index contributed by atoms with van der Waals surface area (Å²) in [5.41, 5.74) is 5.37. The van der Waals surface area contributed by atoms with Crippen LogP contribution in [0.1, 0.15) is 44.0 Å². The number of methoxy groups -OCH3 is 1. The molecule has 0 aromatic carbocycles. The van der Waals surface area contributed by atoms with Crippen molar-refractivity contribution in [3.63, 3.8) is 0 Å². The zero-order valence-corrected chi connectivity index (χ0v) is 16.9. The van der Waals surface area contributed by atoms with Gasteiger partial charge in [0.15, 0.2) is 0 Å². The summed E-state index contributed by atoms with van der Waals surface area (Å²) >= 11 is 5.95. The van der Waals surface area contributed by atoms with Crippen LogP contribution in [0.5, 0.6) is 5.88 Å². The molecule has 1 saturated heterocycles. The van der Waals surface area contributed by atoms with Gasteiger partial charge in [-0.05, 0) is 45.6 Å². The maximum Gasteiger partial charge on any atom is 0.410 e. The minimum Gasteiger partial charge on any atom is -0.480 e. The van der Waals surface area contributed by atoms with E-state index in [2.05, 4.69) is 10.3 Å². The van der Waals surface area contributed by atoms with Gasteiger partial charge in [-0.2, -0.15) is 4.98 Å². The molecule has 0 spiro atoms. The van der Waals surface area contributed by atoms with Gasteiger partial charge in [-0.15, -0.1) is 0 Å². The zero-order valence-electron chi connectivity index (χ0n) is 16.2. The number of nitrogens with one attached hydrogen (secondary N) is 1. The van der Waals surface area contributed by atoms with Crippen LogP contribution in [0.25, 0.3) is 0 Å². The number of likely N-dealkylation sites (tertiary alicyclic amines) is 1. The van der Waals surface area contributed by atoms with Crippen LogP contribution in [0, 0.1) is 5.92 Å². The SMILES string of the molecule is COc1nc(N)c(Cl)cc1C(=O)NCC1CCN(C(=O)OC(C)(C)C)CC1. The molecule has 1 aromatic rings. The smallest absolute Gasteiger partial charge is 0.410 e. The number of aromatic nitrogens is 1. The first-order valence-electron chi connectivity index (χ1n) is 8.87. The first-order valence-corrected chi connectivity index (χ1v) is 9.24. The lowest BCUT2D eigenvalue weighted by molar-refractivity contribution is 0.0183. The van der Waals surface area contributed by atoms with Crippen LogP contribution in [0.3, 0.4) is 0 Å². The quantitative estimate of drug-likeness (QED) is 0.807. The van der Waals surface area contributed by atoms with Crippen molar-refractivity contribution in [2.45, 2.75) is 39.2 Å². The molecular formula is C18H27ClN4O4. The van der Waals surface area contributed by atoms with Gasteiger partial charge in [-0.3, -0.25) is 4.79 Å². The number of pyridine rings is 1. The third-order valence-electron chi connectivity index (χ3n) is 4.22. The third-order valence-corrected chi connectivity index (χ3v) is 4.53. The number of piperidine rings is 1. The first kappa shape index (κ1) is 21.1. The second-order valence-corrected chi connectivity index (χ2v) is 7.94. The van der Waals surface area contributed by atoms with Gasteiger partial charge in [0.2, 0.25) is 5.88 Å². The lowest BCUT2D eigenvalue weighted by Gasteiger charge is -2.33. The van der Waals surface area contributed by atoms with Crippen LogP contribution in [-0.4, -0.2) is 54.2 Å². The fourth-order valence-corrected chi connectivity index (χ4v) is 2.93. The number of nitrogens with two attached hydrogens (primary N) is 1. The molecule has 27 heavy (non-hydrogen) atoms. The van der Waals surface area contributed by atoms with Crippen LogP contribution in [0.15, 0.2) is 6.07 Å². The zero-order chi connectivity index (χ0) is 20.2. The van der Waals surface area contributed by atoms with E-state index in [1.54, 1.807) is 4.90 Å². The Kier molecular flexibility index (Phi) is 6.75. The number of rotatable bonds is 4. The van der Waals surface area contributed by atoms with E-state index in [0.717, 1.165) is 12.8 Å². The molecule has 1 aliphatic heterocycles. The number of nitrogen functional groups attached to an aromatic ring is 1. The molecule has 0 saturated carbocycles. The Balaban J connectivity index is 1.86. The number of carbonyl (C=O) groups excluding carboxylic acids is 2. The molecule has 0 bridgehead atoms. The molecule has 1 aliphatic rings. The number of hydrogen-bond donors (Lipinski definition) is 2. The Bertz CT molecular complexity index is 697. The molecule has 9 heteroatoms. The molecule has 3 N–H and O–H groups in total. The summed E-state index contributed by atoms with van der Waals surface area (Å²) in [4.78, 5) is 30.2. The van der Waals surface area contributed by atoms with Crippen LogP contribution in [0.4, 0.5) is 10.6 Å². The van der Waals surface area contributed by atoms with E-state index < -0.39 is 5.60 Å². The van der Waals surface area contributed by atoms with Gasteiger partial charge >= 0.3 is 6.09 Å². The lowest BCUT2D eigenvalue weighted by Crippen LogP contribution is -2.43. The van der Waals surface area contributed by atoms with Crippen molar-refractivity contribution in [1.82, 2.24) is 15.2 Å². The highest BCUT2D eigenvalue weighted by Gasteiger charge is 2.27. The van der Waals surface area contributed by atoms with Crippen LogP contribution in [-0.2, 0) is 4.74 Å². The third kappa shape index (κ3) is 5.89. The van der Waals surface area contributed by atoms with Gasteiger partial charge in [0.05, 0.1) is 12.1 Å². The Morgan fingerprint density at radius 1 is 1.37 bits per heavy atom. The minimum absolute atomic E-state index is 0.111. The molecule has 1 fully saturated rings. The average molecular weight is 399 g/mol. The van der Waals surface area contributed by atoms with E-state index in [4.69, 9.17) is 26.8 Å². The second kappa shape index (κ2) is 8.65. The molecule has 2 heterocycles. The van der Waals surface area contributed by atoms with E-state index in [0.29, 0.717) is 19.6 Å². The average Bonchev–Trinajstić information content (AvgIpc) is 2.60. The van der Waals surface area contributed by atoms with E-state index in [1.807, 2.05) is 20.8 Å². The molecule has 1 aromatic heterocycles. The summed E-state index contributed by atoms with van der Waals surface area (Å²) in [5, 5.41) is 3.08. The Hall–Kier alpha value is -2.22. The Morgan fingerprint density at radius 3 is 2.56 bits per heavy atom. The van der Waals surface area contributed by atoms with Crippen molar-refractivity contribution in [1.29, 1.82) is 0 Å². The normalized spacial score (nSPS) is 15.4. The summed E-state index contributed by atoms with van der Waals surface area (Å²) in [7, 11) is 1.42. The predicted molar refractivity (Wildman–Crippen MR) is 103 cm³/mol. The van der Waals surface area contributed by atoms with Gasteiger partial charge in [-0.1, -0.05) is 11.6 Å². The molecule has 0 atom stereocenters. The molecule has 2 amide bonds. The maximum atomic E-state index is 12.4. The van der Waals surface area contributed by atoms with Crippen LogP contribution in [0.2, 0.25) is 5.02 Å². The van der Waals surface area contributed by atoms with Crippen molar-refractivity contribution in [3.8, 4) is 5.88 Å². The number of amides is 2. The summed E-state index contributed by atoms with van der Waals surface area (Å²) in [5.74, 6) is 0.195. The highest BCUT2D eigenvalue weighted by molar-refractivity contribution is 6.33. The predicted octanol–water partition coefficient (Wildman–Crippen LogP) is 2.70. The molecule has 0 aliphatic carbocycles. The largest absolute Gasteiger partial charge is 0.480 e. The number of carbonyl (C=O) groups is 2. The fraction of sp³-hybridized carbons (Fsp3) is 0.611. The number of ether oxygens (including phenoxy) is 2. The van der Waals surface area contributed by atoms with Crippen LogP contribution < -0.4 is 15.8 Å². The van der Waals surface area contributed by atoms with Crippen molar-refractivity contribution in [2.24, 2.45) is 5.92 Å². The second-order valence-electron chi connectivity index (χ2n) is 7.53. The van der Waals surface area contributed by atoms with Crippen LogP contribution >= 0.6 is 11.6 Å². The van der Waals surface area contributed by atoms with E-state index in [1.165, 1.54) is 13.2 Å². The van der Waals surface area contributed by atoms with Gasteiger partial charge in [0, 0.05) is 19.6 Å². The van der Waals surface area contributed by atoms with Gasteiger partial charge < -0.3 is 25.4 Å². The monoisotopic (exact) mass is 398 g/mol. The summed E-state index contributed by atoms with van der Waals surface area (Å²) < 4.78 is 10.5. The fourth-order valence-electron chi connectivity index (χ4n) is 2.78. The van der Waals surface area contributed by atoms with Gasteiger partial charge in [0.25, 0.3) is 5.91 Å². The Labute approximate surface area is 164 Å². The molecule has 0 unspecified atom stereocenters. The lowest BCUT2D eigenvalue weighted by atomic mass is 9.97. The molecule has 2 rings (SSSR count). The van der Waals surface area contributed by atoms with E-state index in [-0.39, 0.29) is 40.2 Å². The van der Waals surface area contributed by atoms with E-state index in [9.17, 15) is 9.59 Å². The number of anilines is 1. The van der Waals surface area contributed by atoms with Crippen molar-refractivity contribution >= 4 is 29.4 Å².